The summed E-state index contributed by atoms with van der Waals surface area (Å²) in [5, 5.41) is 11.1. The van der Waals surface area contributed by atoms with Crippen molar-refractivity contribution in [3.8, 4) is 0 Å². The smallest absolute Gasteiger partial charge is 0.171 e. The van der Waals surface area contributed by atoms with Crippen molar-refractivity contribution in [2.45, 2.75) is 25.7 Å². The quantitative estimate of drug-likeness (QED) is 0.663. The molecule has 16 heavy (non-hydrogen) atoms. The molecule has 0 amide bonds. The minimum Gasteiger partial charge on any atom is -0.354 e. The lowest BCUT2D eigenvalue weighted by Gasteiger charge is -2.21. The van der Waals surface area contributed by atoms with Crippen LogP contribution in [0.5, 0.6) is 0 Å². The fraction of sp³-hybridized carbons (Fsp3) is 0.800. The summed E-state index contributed by atoms with van der Waals surface area (Å²) in [6.07, 6.45) is 2.31. The molecule has 0 aromatic carbocycles. The minimum absolute atomic E-state index is 0.142. The molecule has 1 rings (SSSR count). The Morgan fingerprint density at radius 3 is 2.62 bits per heavy atom. The number of aromatic nitrogens is 3. The highest BCUT2D eigenvalue weighted by molar-refractivity contribution is 4.85. The Balaban J connectivity index is 2.27. The van der Waals surface area contributed by atoms with Crippen molar-refractivity contribution < 1.29 is 9.47 Å². The number of rotatable bonds is 7. The fourth-order valence-corrected chi connectivity index (χ4v) is 1.55. The van der Waals surface area contributed by atoms with E-state index >= 15 is 0 Å². The molecule has 0 aliphatic heterocycles. The summed E-state index contributed by atoms with van der Waals surface area (Å²) in [6.45, 7) is 2.84. The predicted molar refractivity (Wildman–Crippen MR) is 60.0 cm³/mol. The first kappa shape index (κ1) is 13.1. The predicted octanol–water partition coefficient (Wildman–Crippen LogP) is -0.0454. The van der Waals surface area contributed by atoms with Crippen LogP contribution in [0.2, 0.25) is 0 Å². The second-order valence-electron chi connectivity index (χ2n) is 3.69. The van der Waals surface area contributed by atoms with E-state index in [1.807, 2.05) is 18.5 Å². The Hall–Kier alpha value is -0.980. The summed E-state index contributed by atoms with van der Waals surface area (Å²) in [5.41, 5.74) is 0. The van der Waals surface area contributed by atoms with Gasteiger partial charge in [0.05, 0.1) is 6.04 Å². The highest BCUT2D eigenvalue weighted by Crippen LogP contribution is 1.99. The molecule has 0 bridgehead atoms. The van der Waals surface area contributed by atoms with Crippen LogP contribution in [0, 0.1) is 0 Å². The van der Waals surface area contributed by atoms with Gasteiger partial charge in [-0.05, 0) is 6.92 Å². The molecule has 1 N–H and O–H groups in total. The largest absolute Gasteiger partial charge is 0.354 e. The SMILES string of the molecule is COC(OC)C(C)NCCc1nncn1C. The first-order valence-electron chi connectivity index (χ1n) is 5.31. The van der Waals surface area contributed by atoms with Crippen molar-refractivity contribution in [3.63, 3.8) is 0 Å². The second kappa shape index (κ2) is 6.57. The van der Waals surface area contributed by atoms with Crippen molar-refractivity contribution in [3.05, 3.63) is 12.2 Å². The Morgan fingerprint density at radius 1 is 1.44 bits per heavy atom. The van der Waals surface area contributed by atoms with E-state index < -0.39 is 0 Å². The third-order valence-corrected chi connectivity index (χ3v) is 2.49. The molecule has 1 unspecified atom stereocenters. The van der Waals surface area contributed by atoms with Crippen molar-refractivity contribution in [2.24, 2.45) is 7.05 Å². The van der Waals surface area contributed by atoms with Gasteiger partial charge in [-0.25, -0.2) is 0 Å². The molecule has 6 nitrogen and oxygen atoms in total. The highest BCUT2D eigenvalue weighted by atomic mass is 16.7. The van der Waals surface area contributed by atoms with Crippen LogP contribution in [0.4, 0.5) is 0 Å². The lowest BCUT2D eigenvalue weighted by atomic mass is 10.3. The van der Waals surface area contributed by atoms with Crippen LogP contribution in [-0.2, 0) is 22.9 Å². The van der Waals surface area contributed by atoms with Crippen LogP contribution in [0.25, 0.3) is 0 Å². The molecule has 0 spiro atoms. The van der Waals surface area contributed by atoms with Crippen LogP contribution in [0.15, 0.2) is 6.33 Å². The number of methoxy groups -OCH3 is 2. The van der Waals surface area contributed by atoms with E-state index in [9.17, 15) is 0 Å². The lowest BCUT2D eigenvalue weighted by Crippen LogP contribution is -2.40. The molecule has 1 atom stereocenters. The molecule has 0 saturated carbocycles. The molecule has 0 radical (unpaired) electrons. The Bertz CT molecular complexity index is 299. The summed E-state index contributed by atoms with van der Waals surface area (Å²) in [6, 6.07) is 0.142. The number of ether oxygens (including phenoxy) is 2. The average molecular weight is 228 g/mol. The molecule has 92 valence electrons. The molecule has 0 aliphatic rings. The molecule has 0 aliphatic carbocycles. The van der Waals surface area contributed by atoms with Gasteiger partial charge < -0.3 is 19.4 Å². The van der Waals surface area contributed by atoms with Gasteiger partial charge in [-0.1, -0.05) is 0 Å². The van der Waals surface area contributed by atoms with E-state index in [0.717, 1.165) is 18.8 Å². The summed E-state index contributed by atoms with van der Waals surface area (Å²) in [7, 11) is 5.20. The normalized spacial score (nSPS) is 13.3. The van der Waals surface area contributed by atoms with Gasteiger partial charge in [0.2, 0.25) is 0 Å². The maximum absolute atomic E-state index is 5.15. The number of hydrogen-bond donors (Lipinski definition) is 1. The Morgan fingerprint density at radius 2 is 2.12 bits per heavy atom. The molecule has 6 heteroatoms. The molecular formula is C10H20N4O2. The van der Waals surface area contributed by atoms with Gasteiger partial charge in [0, 0.05) is 34.2 Å². The van der Waals surface area contributed by atoms with Crippen LogP contribution in [0.3, 0.4) is 0 Å². The third-order valence-electron chi connectivity index (χ3n) is 2.49. The van der Waals surface area contributed by atoms with Gasteiger partial charge in [0.25, 0.3) is 0 Å². The number of aryl methyl sites for hydroxylation is 1. The molecule has 0 saturated heterocycles. The Kier molecular flexibility index (Phi) is 5.37. The second-order valence-corrected chi connectivity index (χ2v) is 3.69. The fourth-order valence-electron chi connectivity index (χ4n) is 1.55. The zero-order valence-corrected chi connectivity index (χ0v) is 10.3. The topological polar surface area (TPSA) is 61.2 Å². The average Bonchev–Trinajstić information content (AvgIpc) is 2.66. The monoisotopic (exact) mass is 228 g/mol. The highest BCUT2D eigenvalue weighted by Gasteiger charge is 2.14. The van der Waals surface area contributed by atoms with E-state index in [0.29, 0.717) is 0 Å². The zero-order chi connectivity index (χ0) is 12.0. The van der Waals surface area contributed by atoms with Gasteiger partial charge in [0.1, 0.15) is 12.2 Å². The third kappa shape index (κ3) is 3.55. The maximum Gasteiger partial charge on any atom is 0.171 e. The van der Waals surface area contributed by atoms with E-state index in [1.165, 1.54) is 0 Å². The van der Waals surface area contributed by atoms with Crippen LogP contribution in [0.1, 0.15) is 12.7 Å². The molecular weight excluding hydrogens is 208 g/mol. The molecule has 1 aromatic heterocycles. The molecule has 1 heterocycles. The maximum atomic E-state index is 5.15. The lowest BCUT2D eigenvalue weighted by molar-refractivity contribution is -0.119. The number of nitrogens with one attached hydrogen (secondary N) is 1. The van der Waals surface area contributed by atoms with Gasteiger partial charge in [-0.3, -0.25) is 0 Å². The Labute approximate surface area is 96.0 Å². The van der Waals surface area contributed by atoms with E-state index in [2.05, 4.69) is 15.5 Å². The summed E-state index contributed by atoms with van der Waals surface area (Å²) in [5.74, 6) is 0.964. The van der Waals surface area contributed by atoms with E-state index in [-0.39, 0.29) is 12.3 Å². The first-order chi connectivity index (χ1) is 7.69. The van der Waals surface area contributed by atoms with Crippen LogP contribution in [-0.4, -0.2) is 47.9 Å². The van der Waals surface area contributed by atoms with E-state index in [4.69, 9.17) is 9.47 Å². The van der Waals surface area contributed by atoms with Gasteiger partial charge >= 0.3 is 0 Å². The summed E-state index contributed by atoms with van der Waals surface area (Å²) >= 11 is 0. The van der Waals surface area contributed by atoms with Gasteiger partial charge in [-0.15, -0.1) is 10.2 Å². The van der Waals surface area contributed by atoms with E-state index in [1.54, 1.807) is 20.5 Å². The number of hydrogen-bond acceptors (Lipinski definition) is 5. The van der Waals surface area contributed by atoms with Gasteiger partial charge in [0.15, 0.2) is 6.29 Å². The first-order valence-corrected chi connectivity index (χ1v) is 5.31. The van der Waals surface area contributed by atoms with Crippen molar-refractivity contribution >= 4 is 0 Å². The van der Waals surface area contributed by atoms with Crippen LogP contribution >= 0.6 is 0 Å². The molecule has 1 aromatic rings. The van der Waals surface area contributed by atoms with Crippen LogP contribution < -0.4 is 5.32 Å². The van der Waals surface area contributed by atoms with Crippen molar-refractivity contribution in [1.82, 2.24) is 20.1 Å². The minimum atomic E-state index is -0.223. The van der Waals surface area contributed by atoms with Crippen molar-refractivity contribution in [2.75, 3.05) is 20.8 Å². The number of nitrogens with zero attached hydrogens (tertiary/aromatic N) is 3. The van der Waals surface area contributed by atoms with Crippen molar-refractivity contribution in [1.29, 1.82) is 0 Å². The standard InChI is InChI=1S/C10H20N4O2/c1-8(10(15-3)16-4)11-6-5-9-13-12-7-14(9)2/h7-8,10-11H,5-6H2,1-4H3. The zero-order valence-electron chi connectivity index (χ0n) is 10.3. The summed E-state index contributed by atoms with van der Waals surface area (Å²) < 4.78 is 12.2. The summed E-state index contributed by atoms with van der Waals surface area (Å²) in [4.78, 5) is 0. The van der Waals surface area contributed by atoms with Gasteiger partial charge in [-0.2, -0.15) is 0 Å². The molecule has 0 fully saturated rings.